The lowest BCUT2D eigenvalue weighted by atomic mass is 9.95. The Kier molecular flexibility index (Phi) is 33.3. The summed E-state index contributed by atoms with van der Waals surface area (Å²) in [4.78, 5) is 64.0. The molecule has 0 aromatic heterocycles. The zero-order valence-electron chi connectivity index (χ0n) is 25.6. The summed E-state index contributed by atoms with van der Waals surface area (Å²) in [6.45, 7) is 9.24. The van der Waals surface area contributed by atoms with Gasteiger partial charge < -0.3 is 44.5 Å². The van der Waals surface area contributed by atoms with Crippen LogP contribution in [0.15, 0.2) is 0 Å². The van der Waals surface area contributed by atoms with Gasteiger partial charge in [0, 0.05) is 20.8 Å². The van der Waals surface area contributed by atoms with Gasteiger partial charge in [-0.05, 0) is 19.3 Å². The molecule has 1 unspecified atom stereocenters. The van der Waals surface area contributed by atoms with E-state index in [2.05, 4.69) is 4.74 Å². The summed E-state index contributed by atoms with van der Waals surface area (Å²) in [6, 6.07) is 0. The van der Waals surface area contributed by atoms with Crippen molar-refractivity contribution in [2.45, 2.75) is 105 Å². The standard InChI is InChI=1S/C18H32O7.C5H10O4.2C2H4O2/c1-4-7-10-23-15(19)13-18(22,17(21)25-12-9-6-3)14-16(20)24-11-8-5-2;1-4(7)9-3-5(8)2-6;2*1-2(3)4/h22H,4-14H2,1-3H3;5-6,8H,2-3H2,1H3;2*1H3,(H,3,4). The molecule has 0 aliphatic carbocycles. The molecular formula is C27H50O15. The van der Waals surface area contributed by atoms with Crippen LogP contribution in [0.3, 0.4) is 0 Å². The summed E-state index contributed by atoms with van der Waals surface area (Å²) >= 11 is 0. The Morgan fingerprint density at radius 2 is 1.00 bits per heavy atom. The number of carboxylic acid groups (broad SMARTS) is 2. The Labute approximate surface area is 247 Å². The van der Waals surface area contributed by atoms with Gasteiger partial charge >= 0.3 is 23.9 Å². The van der Waals surface area contributed by atoms with E-state index in [4.69, 9.17) is 44.2 Å². The Morgan fingerprint density at radius 1 is 0.667 bits per heavy atom. The number of aliphatic hydroxyl groups excluding tert-OH is 2. The van der Waals surface area contributed by atoms with Crippen LogP contribution in [0.4, 0.5) is 0 Å². The molecule has 0 aliphatic heterocycles. The van der Waals surface area contributed by atoms with E-state index in [-0.39, 0.29) is 33.0 Å². The van der Waals surface area contributed by atoms with E-state index < -0.39 is 60.4 Å². The molecule has 0 spiro atoms. The largest absolute Gasteiger partial charge is 0.481 e. The summed E-state index contributed by atoms with van der Waals surface area (Å²) in [5, 5.41) is 42.2. The number of carbonyl (C=O) groups excluding carboxylic acids is 4. The highest BCUT2D eigenvalue weighted by Gasteiger charge is 2.43. The van der Waals surface area contributed by atoms with Crippen LogP contribution in [-0.2, 0) is 47.7 Å². The Hall–Kier alpha value is -3.30. The molecule has 0 rings (SSSR count). The molecule has 0 aromatic rings. The minimum absolute atomic E-state index is 0.118. The maximum absolute atomic E-state index is 12.2. The van der Waals surface area contributed by atoms with Crippen molar-refractivity contribution in [1.82, 2.24) is 0 Å². The lowest BCUT2D eigenvalue weighted by Gasteiger charge is -2.24. The van der Waals surface area contributed by atoms with Crippen molar-refractivity contribution in [3.8, 4) is 0 Å². The van der Waals surface area contributed by atoms with Gasteiger partial charge in [0.2, 0.25) is 0 Å². The van der Waals surface area contributed by atoms with Gasteiger partial charge in [-0.2, -0.15) is 0 Å². The van der Waals surface area contributed by atoms with Crippen LogP contribution in [0.5, 0.6) is 0 Å². The first-order valence-corrected chi connectivity index (χ1v) is 13.5. The number of rotatable bonds is 17. The molecular weight excluding hydrogens is 564 g/mol. The number of esters is 4. The first kappa shape index (κ1) is 45.7. The summed E-state index contributed by atoms with van der Waals surface area (Å²) in [6.07, 6.45) is 2.28. The van der Waals surface area contributed by atoms with E-state index in [0.717, 1.165) is 33.1 Å². The van der Waals surface area contributed by atoms with Crippen LogP contribution in [-0.4, -0.2) is 106 Å². The number of carboxylic acids is 2. The Bertz CT molecular complexity index is 708. The van der Waals surface area contributed by atoms with Crippen LogP contribution < -0.4 is 0 Å². The van der Waals surface area contributed by atoms with E-state index in [0.29, 0.717) is 19.3 Å². The molecule has 0 bridgehead atoms. The molecule has 0 saturated heterocycles. The molecule has 0 saturated carbocycles. The zero-order valence-corrected chi connectivity index (χ0v) is 25.6. The van der Waals surface area contributed by atoms with E-state index in [1.54, 1.807) is 0 Å². The lowest BCUT2D eigenvalue weighted by Crippen LogP contribution is -2.45. The topological polar surface area (TPSA) is 240 Å². The summed E-state index contributed by atoms with van der Waals surface area (Å²) in [5.74, 6) is -4.61. The summed E-state index contributed by atoms with van der Waals surface area (Å²) < 4.78 is 19.3. The van der Waals surface area contributed by atoms with Crippen LogP contribution in [0.2, 0.25) is 0 Å². The quantitative estimate of drug-likeness (QED) is 0.0888. The van der Waals surface area contributed by atoms with E-state index in [1.165, 1.54) is 6.92 Å². The highest BCUT2D eigenvalue weighted by Crippen LogP contribution is 2.20. The van der Waals surface area contributed by atoms with Crippen molar-refractivity contribution in [3.05, 3.63) is 0 Å². The van der Waals surface area contributed by atoms with Crippen LogP contribution in [0, 0.1) is 0 Å². The third kappa shape index (κ3) is 38.8. The highest BCUT2D eigenvalue weighted by atomic mass is 16.6. The smallest absolute Gasteiger partial charge is 0.339 e. The number of hydrogen-bond acceptors (Lipinski definition) is 13. The molecule has 1 atom stereocenters. The maximum Gasteiger partial charge on any atom is 0.339 e. The lowest BCUT2D eigenvalue weighted by molar-refractivity contribution is -0.178. The number of ether oxygens (including phenoxy) is 4. The maximum atomic E-state index is 12.2. The van der Waals surface area contributed by atoms with Gasteiger partial charge in [-0.15, -0.1) is 0 Å². The van der Waals surface area contributed by atoms with Crippen molar-refractivity contribution >= 4 is 35.8 Å². The van der Waals surface area contributed by atoms with Gasteiger partial charge in [0.05, 0.1) is 39.3 Å². The first-order valence-electron chi connectivity index (χ1n) is 13.5. The zero-order chi connectivity index (χ0) is 33.6. The monoisotopic (exact) mass is 614 g/mol. The molecule has 0 radical (unpaired) electrons. The second-order valence-corrected chi connectivity index (χ2v) is 8.70. The molecule has 15 nitrogen and oxygen atoms in total. The predicted molar refractivity (Wildman–Crippen MR) is 148 cm³/mol. The second kappa shape index (κ2) is 30.7. The number of aliphatic carboxylic acids is 2. The van der Waals surface area contributed by atoms with Gasteiger partial charge in [0.25, 0.3) is 11.9 Å². The van der Waals surface area contributed by atoms with Crippen molar-refractivity contribution in [3.63, 3.8) is 0 Å². The average Bonchev–Trinajstić information content (AvgIpc) is 2.87. The van der Waals surface area contributed by atoms with E-state index in [9.17, 15) is 24.3 Å². The molecule has 0 fully saturated rings. The average molecular weight is 615 g/mol. The SMILES string of the molecule is CC(=O)O.CC(=O)O.CC(=O)OCC(O)CO.CCCCOC(=O)CC(O)(CC(=O)OCCCC)C(=O)OCCCC. The van der Waals surface area contributed by atoms with Crippen LogP contribution >= 0.6 is 0 Å². The van der Waals surface area contributed by atoms with Gasteiger partial charge in [0.1, 0.15) is 12.7 Å². The van der Waals surface area contributed by atoms with Crippen LogP contribution in [0.1, 0.15) is 92.9 Å². The van der Waals surface area contributed by atoms with Crippen LogP contribution in [0.25, 0.3) is 0 Å². The van der Waals surface area contributed by atoms with Gasteiger partial charge in [-0.3, -0.25) is 24.0 Å². The molecule has 5 N–H and O–H groups in total. The number of unbranched alkanes of at least 4 members (excludes halogenated alkanes) is 3. The molecule has 0 heterocycles. The summed E-state index contributed by atoms with van der Waals surface area (Å²) in [5.41, 5.74) is -2.26. The Balaban J connectivity index is -0.000000344. The first-order chi connectivity index (χ1) is 19.5. The molecule has 0 aliphatic rings. The minimum Gasteiger partial charge on any atom is -0.481 e. The number of aliphatic hydroxyl groups is 3. The third-order valence-electron chi connectivity index (χ3n) is 4.20. The minimum atomic E-state index is -2.26. The van der Waals surface area contributed by atoms with E-state index >= 15 is 0 Å². The van der Waals surface area contributed by atoms with E-state index in [1.807, 2.05) is 20.8 Å². The highest BCUT2D eigenvalue weighted by molar-refractivity contribution is 5.90. The summed E-state index contributed by atoms with van der Waals surface area (Å²) in [7, 11) is 0. The van der Waals surface area contributed by atoms with Crippen molar-refractivity contribution in [1.29, 1.82) is 0 Å². The Morgan fingerprint density at radius 3 is 1.29 bits per heavy atom. The van der Waals surface area contributed by atoms with Crippen molar-refractivity contribution in [2.24, 2.45) is 0 Å². The second-order valence-electron chi connectivity index (χ2n) is 8.70. The molecule has 248 valence electrons. The fraction of sp³-hybridized carbons (Fsp3) is 0.778. The predicted octanol–water partition coefficient (Wildman–Crippen LogP) is 1.61. The molecule has 15 heteroatoms. The fourth-order valence-electron chi connectivity index (χ4n) is 2.16. The molecule has 0 aromatic carbocycles. The van der Waals surface area contributed by atoms with Crippen molar-refractivity contribution < 1.29 is 73.2 Å². The number of carbonyl (C=O) groups is 6. The molecule has 42 heavy (non-hydrogen) atoms. The van der Waals surface area contributed by atoms with Crippen molar-refractivity contribution in [2.75, 3.05) is 33.0 Å². The van der Waals surface area contributed by atoms with Gasteiger partial charge in [-0.1, -0.05) is 40.0 Å². The van der Waals surface area contributed by atoms with Gasteiger partial charge in [0.15, 0.2) is 5.60 Å². The third-order valence-corrected chi connectivity index (χ3v) is 4.20. The molecule has 0 amide bonds. The fourth-order valence-corrected chi connectivity index (χ4v) is 2.16. The number of hydrogen-bond donors (Lipinski definition) is 5. The normalized spacial score (nSPS) is 10.5. The van der Waals surface area contributed by atoms with Gasteiger partial charge in [-0.25, -0.2) is 4.79 Å².